The van der Waals surface area contributed by atoms with Gasteiger partial charge in [-0.3, -0.25) is 9.59 Å². The van der Waals surface area contributed by atoms with Gasteiger partial charge in [0.25, 0.3) is 0 Å². The molecule has 0 amide bonds. The summed E-state index contributed by atoms with van der Waals surface area (Å²) >= 11 is 0. The molecule has 23 heteroatoms. The van der Waals surface area contributed by atoms with E-state index in [1.807, 2.05) is 6.92 Å². The normalized spacial score (nSPS) is 53.1. The lowest BCUT2D eigenvalue weighted by Gasteiger charge is -2.71. The number of carbonyl (C=O) groups is 2. The fourth-order valence-electron chi connectivity index (χ4n) is 16.4. The first-order chi connectivity index (χ1) is 36.5. The minimum atomic E-state index is -1.92. The molecule has 8 fully saturated rings. The molecule has 9 rings (SSSR count). The van der Waals surface area contributed by atoms with Crippen molar-refractivity contribution in [3.63, 3.8) is 0 Å². The van der Waals surface area contributed by atoms with Crippen LogP contribution in [0.4, 0.5) is 0 Å². The molecule has 0 aromatic heterocycles. The van der Waals surface area contributed by atoms with Gasteiger partial charge in [-0.15, -0.1) is 0 Å². The Morgan fingerprint density at radius 2 is 1.27 bits per heavy atom. The molecule has 0 spiro atoms. The highest BCUT2D eigenvalue weighted by atomic mass is 16.8. The lowest BCUT2D eigenvalue weighted by Crippen LogP contribution is -2.67. The summed E-state index contributed by atoms with van der Waals surface area (Å²) in [5.41, 5.74) is -1.94. The molecule has 12 N–H and O–H groups in total. The summed E-state index contributed by atoms with van der Waals surface area (Å²) < 4.78 is 53.2. The molecule has 4 aliphatic heterocycles. The second-order valence-electron chi connectivity index (χ2n) is 26.3. The van der Waals surface area contributed by atoms with E-state index in [0.29, 0.717) is 51.4 Å². The van der Waals surface area contributed by atoms with E-state index in [-0.39, 0.29) is 47.2 Å². The number of fused-ring (bicyclic) bond motifs is 7. The van der Waals surface area contributed by atoms with Gasteiger partial charge in [-0.05, 0) is 111 Å². The van der Waals surface area contributed by atoms with Gasteiger partial charge in [0, 0.05) is 12.3 Å². The number of carbonyl (C=O) groups excluding carboxylic acids is 2. The minimum absolute atomic E-state index is 0.0431. The van der Waals surface area contributed by atoms with Gasteiger partial charge in [0.1, 0.15) is 73.2 Å². The molecule has 28 atom stereocenters. The Morgan fingerprint density at radius 1 is 0.641 bits per heavy atom. The summed E-state index contributed by atoms with van der Waals surface area (Å²) in [6.45, 7) is 14.2. The van der Waals surface area contributed by atoms with Crippen molar-refractivity contribution in [2.24, 2.45) is 50.2 Å². The van der Waals surface area contributed by atoms with E-state index in [9.17, 15) is 66.1 Å². The number of aliphatic hydroxyl groups is 12. The molecule has 446 valence electrons. The molecule has 4 saturated heterocycles. The van der Waals surface area contributed by atoms with Gasteiger partial charge in [0.15, 0.2) is 31.1 Å². The van der Waals surface area contributed by atoms with E-state index in [4.69, 9.17) is 42.6 Å². The average Bonchev–Trinajstić information content (AvgIpc) is 2.05. The zero-order chi connectivity index (χ0) is 57.0. The van der Waals surface area contributed by atoms with Crippen molar-refractivity contribution in [1.29, 1.82) is 0 Å². The van der Waals surface area contributed by atoms with E-state index in [0.717, 1.165) is 19.8 Å². The third kappa shape index (κ3) is 10.0. The van der Waals surface area contributed by atoms with Crippen LogP contribution in [0.15, 0.2) is 11.6 Å². The van der Waals surface area contributed by atoms with Crippen LogP contribution in [0.3, 0.4) is 0 Å². The number of aliphatic hydroxyl groups excluding tert-OH is 12. The topological polar surface area (TPSA) is 360 Å². The molecule has 4 saturated carbocycles. The molecule has 4 heterocycles. The summed E-state index contributed by atoms with van der Waals surface area (Å²) in [5, 5.41) is 130. The molecular weight excluding hydrogens is 1030 g/mol. The molecule has 23 nitrogen and oxygen atoms in total. The first kappa shape index (κ1) is 60.5. The molecular formula is C55H88O23. The van der Waals surface area contributed by atoms with Gasteiger partial charge in [-0.25, -0.2) is 0 Å². The van der Waals surface area contributed by atoms with Crippen molar-refractivity contribution in [1.82, 2.24) is 0 Å². The number of hydrogen-bond acceptors (Lipinski definition) is 23. The van der Waals surface area contributed by atoms with E-state index in [1.165, 1.54) is 12.5 Å². The van der Waals surface area contributed by atoms with Crippen molar-refractivity contribution in [3.05, 3.63) is 11.6 Å². The Balaban J connectivity index is 0.983. The maximum atomic E-state index is 15.6. The molecule has 78 heavy (non-hydrogen) atoms. The molecule has 0 radical (unpaired) electrons. The maximum absolute atomic E-state index is 15.6. The van der Waals surface area contributed by atoms with Crippen LogP contribution in [0.2, 0.25) is 0 Å². The van der Waals surface area contributed by atoms with Crippen molar-refractivity contribution in [3.8, 4) is 0 Å². The third-order valence-electron chi connectivity index (χ3n) is 21.4. The van der Waals surface area contributed by atoms with Crippen molar-refractivity contribution >= 4 is 11.9 Å². The first-order valence-electron chi connectivity index (χ1n) is 28.1. The standard InChI is InChI=1S/C55H88O23/c1-24-34(59)38(63)42(67)46(72-24)77-44-40(65)36(61)30(22-71-45-41(66)37(62)29(21-70-45)73-25(2)58)75-48(44)78-49(69)55-17-15-50(3,4)19-27(55)26-9-10-32-51(5)13-12-33(76-47-43(68)39(64)35(60)28(20-56)74-47)52(6,23-57)31(51)11-14-54(32,8)53(26,7)16-18-55/h9,24,27-48,56-57,59-68H,10-23H2,1-8H3. The number of esters is 2. The number of hydrogen-bond donors (Lipinski definition) is 12. The Kier molecular flexibility index (Phi) is 17.2. The van der Waals surface area contributed by atoms with Crippen LogP contribution >= 0.6 is 0 Å². The Hall–Kier alpha value is -2.08. The molecule has 0 aromatic rings. The van der Waals surface area contributed by atoms with Crippen molar-refractivity contribution in [2.45, 2.75) is 242 Å². The average molecular weight is 1120 g/mol. The van der Waals surface area contributed by atoms with Crippen LogP contribution in [-0.4, -0.2) is 222 Å². The van der Waals surface area contributed by atoms with Gasteiger partial charge in [0.2, 0.25) is 6.29 Å². The minimum Gasteiger partial charge on any atom is -0.457 e. The molecule has 5 aliphatic carbocycles. The zero-order valence-electron chi connectivity index (χ0n) is 46.1. The van der Waals surface area contributed by atoms with Crippen LogP contribution in [0.1, 0.15) is 120 Å². The van der Waals surface area contributed by atoms with Crippen LogP contribution in [-0.2, 0) is 52.2 Å². The van der Waals surface area contributed by atoms with Gasteiger partial charge in [-0.1, -0.05) is 53.2 Å². The highest BCUT2D eigenvalue weighted by molar-refractivity contribution is 5.79. The van der Waals surface area contributed by atoms with Crippen molar-refractivity contribution in [2.75, 3.05) is 26.4 Å². The maximum Gasteiger partial charge on any atom is 0.315 e. The Labute approximate surface area is 455 Å². The Bertz CT molecular complexity index is 2180. The smallest absolute Gasteiger partial charge is 0.315 e. The second kappa shape index (κ2) is 22.2. The van der Waals surface area contributed by atoms with E-state index in [2.05, 4.69) is 40.7 Å². The molecule has 9 aliphatic rings. The molecule has 0 aromatic carbocycles. The third-order valence-corrected chi connectivity index (χ3v) is 21.4. The number of allylic oxidation sites excluding steroid dienone is 2. The van der Waals surface area contributed by atoms with Crippen LogP contribution in [0.25, 0.3) is 0 Å². The van der Waals surface area contributed by atoms with Crippen LogP contribution in [0, 0.1) is 50.2 Å². The van der Waals surface area contributed by atoms with Gasteiger partial charge in [0.05, 0.1) is 44.1 Å². The summed E-state index contributed by atoms with van der Waals surface area (Å²) in [7, 11) is 0. The zero-order valence-corrected chi connectivity index (χ0v) is 46.1. The quantitative estimate of drug-likeness (QED) is 0.0645. The summed E-state index contributed by atoms with van der Waals surface area (Å²) in [5.74, 6) is -1.57. The fraction of sp³-hybridized carbons (Fsp3) is 0.927. The van der Waals surface area contributed by atoms with E-state index < -0.39 is 164 Å². The van der Waals surface area contributed by atoms with Crippen LogP contribution in [0.5, 0.6) is 0 Å². The highest BCUT2D eigenvalue weighted by Gasteiger charge is 2.71. The summed E-state index contributed by atoms with van der Waals surface area (Å²) in [6, 6.07) is 0. The van der Waals surface area contributed by atoms with E-state index in [1.54, 1.807) is 0 Å². The first-order valence-corrected chi connectivity index (χ1v) is 28.1. The summed E-state index contributed by atoms with van der Waals surface area (Å²) in [6.07, 6.45) is -21.9. The number of rotatable bonds is 12. The molecule has 0 bridgehead atoms. The van der Waals surface area contributed by atoms with Crippen molar-refractivity contribution < 1.29 is 113 Å². The lowest BCUT2D eigenvalue weighted by molar-refractivity contribution is -0.365. The van der Waals surface area contributed by atoms with E-state index >= 15 is 4.79 Å². The van der Waals surface area contributed by atoms with Gasteiger partial charge >= 0.3 is 11.9 Å². The Morgan fingerprint density at radius 3 is 1.94 bits per heavy atom. The molecule has 28 unspecified atom stereocenters. The monoisotopic (exact) mass is 1120 g/mol. The second-order valence-corrected chi connectivity index (χ2v) is 26.3. The van der Waals surface area contributed by atoms with Crippen LogP contribution < -0.4 is 0 Å². The largest absolute Gasteiger partial charge is 0.457 e. The van der Waals surface area contributed by atoms with Gasteiger partial charge in [-0.2, -0.15) is 0 Å². The lowest BCUT2D eigenvalue weighted by atomic mass is 9.33. The summed E-state index contributed by atoms with van der Waals surface area (Å²) in [4.78, 5) is 27.2. The predicted molar refractivity (Wildman–Crippen MR) is 266 cm³/mol. The predicted octanol–water partition coefficient (Wildman–Crippen LogP) is -0.825. The number of ether oxygens (including phenoxy) is 9. The van der Waals surface area contributed by atoms with Gasteiger partial charge < -0.3 is 104 Å². The fourth-order valence-corrected chi connectivity index (χ4v) is 16.4. The SMILES string of the molecule is CC(=O)OC1COC(OCC2OC(OC(=O)C34CCC(C)(C)CC3C3=CCC5C6(C)CCC(OC7OC(CO)C(O)C(O)C7O)C(C)(CO)C6CCC5(C)C3(C)CC4)C(OC3OC(C)C(O)C(O)C3O)C(O)C2O)C(O)C1O. The highest BCUT2D eigenvalue weighted by Crippen LogP contribution is 2.76.